The maximum atomic E-state index is 5.42. The standard InChI is InChI=1S/C14H17N3OS2/c1-9-12(20-8-7-19-9)13-16-14(18-17-13)10-3-5-11(15-2)6-4-10/h3-6,9,12,15H,7-8H2,1-2H3. The average Bonchev–Trinajstić information content (AvgIpc) is 2.97. The third-order valence-electron chi connectivity index (χ3n) is 3.30. The molecule has 2 unspecified atom stereocenters. The van der Waals surface area contributed by atoms with E-state index < -0.39 is 0 Å². The van der Waals surface area contributed by atoms with Crippen molar-refractivity contribution in [1.29, 1.82) is 0 Å². The number of nitrogens with zero attached hydrogens (tertiary/aromatic N) is 2. The number of aromatic nitrogens is 2. The monoisotopic (exact) mass is 307 g/mol. The minimum atomic E-state index is 0.336. The summed E-state index contributed by atoms with van der Waals surface area (Å²) in [6.07, 6.45) is 0. The summed E-state index contributed by atoms with van der Waals surface area (Å²) in [5.41, 5.74) is 2.03. The summed E-state index contributed by atoms with van der Waals surface area (Å²) < 4.78 is 5.42. The Hall–Kier alpha value is -1.14. The van der Waals surface area contributed by atoms with Crippen LogP contribution in [0.5, 0.6) is 0 Å². The van der Waals surface area contributed by atoms with Crippen LogP contribution < -0.4 is 5.32 Å². The Morgan fingerprint density at radius 1 is 1.20 bits per heavy atom. The van der Waals surface area contributed by atoms with Crippen molar-refractivity contribution < 1.29 is 4.52 Å². The highest BCUT2D eigenvalue weighted by molar-refractivity contribution is 8.06. The SMILES string of the molecule is CNc1ccc(-c2nc(C3SCCSC3C)no2)cc1. The first-order chi connectivity index (χ1) is 9.78. The Labute approximate surface area is 127 Å². The second-order valence-electron chi connectivity index (χ2n) is 4.65. The molecule has 2 heterocycles. The van der Waals surface area contributed by atoms with Crippen LogP contribution in [-0.4, -0.2) is 33.9 Å². The van der Waals surface area contributed by atoms with Crippen molar-refractivity contribution in [1.82, 2.24) is 10.1 Å². The summed E-state index contributed by atoms with van der Waals surface area (Å²) >= 11 is 3.90. The number of benzene rings is 1. The summed E-state index contributed by atoms with van der Waals surface area (Å²) in [6.45, 7) is 2.24. The number of anilines is 1. The summed E-state index contributed by atoms with van der Waals surface area (Å²) in [7, 11) is 1.90. The minimum Gasteiger partial charge on any atom is -0.388 e. The molecule has 0 aliphatic carbocycles. The summed E-state index contributed by atoms with van der Waals surface area (Å²) in [5.74, 6) is 3.78. The van der Waals surface area contributed by atoms with Crippen LogP contribution in [0.3, 0.4) is 0 Å². The van der Waals surface area contributed by atoms with Gasteiger partial charge in [0.1, 0.15) is 0 Å². The maximum Gasteiger partial charge on any atom is 0.257 e. The van der Waals surface area contributed by atoms with Gasteiger partial charge in [0.15, 0.2) is 5.82 Å². The van der Waals surface area contributed by atoms with Crippen LogP contribution in [0.25, 0.3) is 11.5 Å². The highest BCUT2D eigenvalue weighted by atomic mass is 32.2. The van der Waals surface area contributed by atoms with E-state index in [1.165, 1.54) is 5.75 Å². The zero-order valence-electron chi connectivity index (χ0n) is 11.5. The van der Waals surface area contributed by atoms with Gasteiger partial charge in [0.25, 0.3) is 5.89 Å². The van der Waals surface area contributed by atoms with Crippen molar-refractivity contribution in [2.75, 3.05) is 23.9 Å². The van der Waals surface area contributed by atoms with Crippen molar-refractivity contribution in [3.63, 3.8) is 0 Å². The van der Waals surface area contributed by atoms with Gasteiger partial charge < -0.3 is 9.84 Å². The van der Waals surface area contributed by atoms with Gasteiger partial charge in [-0.25, -0.2) is 0 Å². The molecule has 0 bridgehead atoms. The predicted octanol–water partition coefficient (Wildman–Crippen LogP) is 3.69. The molecule has 1 aliphatic heterocycles. The Kier molecular flexibility index (Phi) is 4.21. The Morgan fingerprint density at radius 3 is 2.65 bits per heavy atom. The van der Waals surface area contributed by atoms with Crippen molar-refractivity contribution in [3.8, 4) is 11.5 Å². The summed E-state index contributed by atoms with van der Waals surface area (Å²) in [6, 6.07) is 8.00. The molecule has 1 saturated heterocycles. The number of rotatable bonds is 3. The van der Waals surface area contributed by atoms with Crippen molar-refractivity contribution >= 4 is 29.2 Å². The number of hydrogen-bond donors (Lipinski definition) is 1. The second-order valence-corrected chi connectivity index (χ2v) is 7.39. The van der Waals surface area contributed by atoms with E-state index in [1.54, 1.807) is 0 Å². The lowest BCUT2D eigenvalue weighted by atomic mass is 10.2. The molecule has 0 spiro atoms. The Balaban J connectivity index is 1.81. The van der Waals surface area contributed by atoms with Gasteiger partial charge in [-0.05, 0) is 24.3 Å². The average molecular weight is 307 g/mol. The van der Waals surface area contributed by atoms with Gasteiger partial charge in [0, 0.05) is 35.1 Å². The fourth-order valence-electron chi connectivity index (χ4n) is 2.16. The van der Waals surface area contributed by atoms with Crippen LogP contribution in [0.2, 0.25) is 0 Å². The third kappa shape index (κ3) is 2.81. The molecule has 20 heavy (non-hydrogen) atoms. The van der Waals surface area contributed by atoms with E-state index in [1.807, 2.05) is 54.8 Å². The van der Waals surface area contributed by atoms with Gasteiger partial charge in [-0.2, -0.15) is 16.7 Å². The van der Waals surface area contributed by atoms with Crippen LogP contribution in [-0.2, 0) is 0 Å². The fraction of sp³-hybridized carbons (Fsp3) is 0.429. The summed E-state index contributed by atoms with van der Waals surface area (Å²) in [4.78, 5) is 4.58. The largest absolute Gasteiger partial charge is 0.388 e. The molecular weight excluding hydrogens is 290 g/mol. The lowest BCUT2D eigenvalue weighted by molar-refractivity contribution is 0.422. The fourth-order valence-corrected chi connectivity index (χ4v) is 4.84. The van der Waals surface area contributed by atoms with Gasteiger partial charge in [0.2, 0.25) is 0 Å². The molecule has 1 fully saturated rings. The molecule has 1 N–H and O–H groups in total. The molecule has 4 nitrogen and oxygen atoms in total. The zero-order chi connectivity index (χ0) is 13.9. The Morgan fingerprint density at radius 2 is 1.95 bits per heavy atom. The molecule has 0 amide bonds. The molecule has 1 aliphatic rings. The normalized spacial score (nSPS) is 22.7. The molecule has 0 saturated carbocycles. The number of nitrogens with one attached hydrogen (secondary N) is 1. The van der Waals surface area contributed by atoms with E-state index in [4.69, 9.17) is 4.52 Å². The van der Waals surface area contributed by atoms with Crippen LogP contribution in [0, 0.1) is 0 Å². The van der Waals surface area contributed by atoms with E-state index in [0.717, 1.165) is 22.8 Å². The van der Waals surface area contributed by atoms with Gasteiger partial charge >= 0.3 is 0 Å². The molecule has 0 radical (unpaired) electrons. The van der Waals surface area contributed by atoms with Gasteiger partial charge in [-0.1, -0.05) is 12.1 Å². The van der Waals surface area contributed by atoms with Crippen molar-refractivity contribution in [2.45, 2.75) is 17.4 Å². The zero-order valence-corrected chi connectivity index (χ0v) is 13.1. The van der Waals surface area contributed by atoms with E-state index in [0.29, 0.717) is 16.4 Å². The number of thioether (sulfide) groups is 2. The molecule has 106 valence electrons. The van der Waals surface area contributed by atoms with Crippen LogP contribution in [0.15, 0.2) is 28.8 Å². The van der Waals surface area contributed by atoms with E-state index in [2.05, 4.69) is 22.4 Å². The van der Waals surface area contributed by atoms with E-state index >= 15 is 0 Å². The maximum absolute atomic E-state index is 5.42. The third-order valence-corrected chi connectivity index (χ3v) is 6.39. The highest BCUT2D eigenvalue weighted by Crippen LogP contribution is 2.41. The van der Waals surface area contributed by atoms with Gasteiger partial charge in [0.05, 0.1) is 5.25 Å². The van der Waals surface area contributed by atoms with Crippen molar-refractivity contribution in [3.05, 3.63) is 30.1 Å². The first kappa shape index (κ1) is 13.8. The predicted molar refractivity (Wildman–Crippen MR) is 86.4 cm³/mol. The van der Waals surface area contributed by atoms with E-state index in [-0.39, 0.29) is 0 Å². The van der Waals surface area contributed by atoms with Gasteiger partial charge in [-0.15, -0.1) is 11.8 Å². The molecular formula is C14H17N3OS2. The van der Waals surface area contributed by atoms with E-state index in [9.17, 15) is 0 Å². The van der Waals surface area contributed by atoms with Gasteiger partial charge in [-0.3, -0.25) is 0 Å². The topological polar surface area (TPSA) is 51.0 Å². The second kappa shape index (κ2) is 6.10. The van der Waals surface area contributed by atoms with Crippen LogP contribution in [0.1, 0.15) is 18.0 Å². The molecule has 6 heteroatoms. The molecule has 1 aromatic heterocycles. The van der Waals surface area contributed by atoms with Crippen molar-refractivity contribution in [2.24, 2.45) is 0 Å². The number of hydrogen-bond acceptors (Lipinski definition) is 6. The highest BCUT2D eigenvalue weighted by Gasteiger charge is 2.28. The van der Waals surface area contributed by atoms with Crippen LogP contribution >= 0.6 is 23.5 Å². The lowest BCUT2D eigenvalue weighted by Gasteiger charge is -2.24. The minimum absolute atomic E-state index is 0.336. The van der Waals surface area contributed by atoms with Crippen LogP contribution in [0.4, 0.5) is 5.69 Å². The summed E-state index contributed by atoms with van der Waals surface area (Å²) in [5, 5.41) is 8.14. The smallest absolute Gasteiger partial charge is 0.257 e. The molecule has 2 aromatic rings. The molecule has 1 aromatic carbocycles. The molecule has 2 atom stereocenters. The molecule has 3 rings (SSSR count). The first-order valence-electron chi connectivity index (χ1n) is 6.63. The lowest BCUT2D eigenvalue weighted by Crippen LogP contribution is -2.16. The quantitative estimate of drug-likeness (QED) is 0.933. The first-order valence-corrected chi connectivity index (χ1v) is 8.72. The Bertz CT molecular complexity index is 570.